The molecule has 3 rings (SSSR count). The van der Waals surface area contributed by atoms with Gasteiger partial charge >= 0.3 is 0 Å². The first-order chi connectivity index (χ1) is 9.83. The molecular weight excluding hydrogens is 248 g/mol. The van der Waals surface area contributed by atoms with Gasteiger partial charge in [0.2, 0.25) is 0 Å². The monoisotopic (exact) mass is 268 g/mol. The van der Waals surface area contributed by atoms with E-state index in [1.807, 2.05) is 24.3 Å². The largest absolute Gasteiger partial charge is 0.493 e. The molecule has 0 spiro atoms. The van der Waals surface area contributed by atoms with Crippen LogP contribution in [0.5, 0.6) is 5.75 Å². The van der Waals surface area contributed by atoms with E-state index in [1.54, 1.807) is 0 Å². The maximum absolute atomic E-state index is 5.73. The molecule has 2 aromatic carbocycles. The lowest BCUT2D eigenvalue weighted by atomic mass is 10.2. The highest BCUT2D eigenvalue weighted by Gasteiger charge is 2.17. The van der Waals surface area contributed by atoms with Crippen LogP contribution in [0.3, 0.4) is 0 Å². The van der Waals surface area contributed by atoms with Gasteiger partial charge in [0.25, 0.3) is 0 Å². The number of hydrogen-bond acceptors (Lipinski definition) is 3. The van der Waals surface area contributed by atoms with Gasteiger partial charge in [-0.05, 0) is 36.6 Å². The first kappa shape index (κ1) is 12.9. The Morgan fingerprint density at radius 1 is 1.10 bits per heavy atom. The molecular formula is C17H20N2O. The van der Waals surface area contributed by atoms with Crippen LogP contribution in [-0.2, 0) is 6.42 Å². The molecule has 2 aromatic rings. The minimum Gasteiger partial charge on any atom is -0.493 e. The fourth-order valence-corrected chi connectivity index (χ4v) is 2.69. The van der Waals surface area contributed by atoms with Gasteiger partial charge < -0.3 is 15.4 Å². The third-order valence-electron chi connectivity index (χ3n) is 3.68. The van der Waals surface area contributed by atoms with Gasteiger partial charge in [-0.25, -0.2) is 0 Å². The molecule has 0 unspecified atom stereocenters. The fourth-order valence-electron chi connectivity index (χ4n) is 2.69. The Kier molecular flexibility index (Phi) is 3.77. The summed E-state index contributed by atoms with van der Waals surface area (Å²) in [5, 5.41) is 0. The summed E-state index contributed by atoms with van der Waals surface area (Å²) in [4.78, 5) is 2.44. The van der Waals surface area contributed by atoms with E-state index >= 15 is 0 Å². The van der Waals surface area contributed by atoms with Crippen molar-refractivity contribution in [2.24, 2.45) is 0 Å². The first-order valence-corrected chi connectivity index (χ1v) is 7.14. The van der Waals surface area contributed by atoms with Gasteiger partial charge in [0.05, 0.1) is 6.61 Å². The second-order valence-electron chi connectivity index (χ2n) is 5.14. The summed E-state index contributed by atoms with van der Waals surface area (Å²) in [7, 11) is 0. The zero-order valence-corrected chi connectivity index (χ0v) is 11.6. The predicted octanol–water partition coefficient (Wildman–Crippen LogP) is 3.10. The number of nitrogens with two attached hydrogens (primary N) is 1. The molecule has 1 aliphatic heterocycles. The van der Waals surface area contributed by atoms with Gasteiger partial charge in [-0.15, -0.1) is 0 Å². The summed E-state index contributed by atoms with van der Waals surface area (Å²) in [6.07, 6.45) is 2.18. The van der Waals surface area contributed by atoms with Gasteiger partial charge in [0, 0.05) is 30.5 Å². The summed E-state index contributed by atoms with van der Waals surface area (Å²) in [6.45, 7) is 2.89. The van der Waals surface area contributed by atoms with Crippen LogP contribution in [0, 0.1) is 0 Å². The zero-order valence-electron chi connectivity index (χ0n) is 11.6. The van der Waals surface area contributed by atoms with Crippen LogP contribution in [0.1, 0.15) is 12.0 Å². The van der Waals surface area contributed by atoms with Crippen LogP contribution in [0.25, 0.3) is 0 Å². The molecule has 0 fully saturated rings. The Labute approximate surface area is 120 Å². The Morgan fingerprint density at radius 3 is 2.90 bits per heavy atom. The van der Waals surface area contributed by atoms with Gasteiger partial charge in [-0.3, -0.25) is 0 Å². The van der Waals surface area contributed by atoms with E-state index in [9.17, 15) is 0 Å². The molecule has 0 saturated carbocycles. The van der Waals surface area contributed by atoms with E-state index < -0.39 is 0 Å². The van der Waals surface area contributed by atoms with E-state index in [1.165, 1.54) is 11.3 Å². The third kappa shape index (κ3) is 2.87. The lowest BCUT2D eigenvalue weighted by Crippen LogP contribution is -2.23. The van der Waals surface area contributed by atoms with Crippen LogP contribution in [-0.4, -0.2) is 19.7 Å². The van der Waals surface area contributed by atoms with E-state index in [2.05, 4.69) is 29.2 Å². The Bertz CT molecular complexity index is 583. The van der Waals surface area contributed by atoms with Crippen LogP contribution >= 0.6 is 0 Å². The van der Waals surface area contributed by atoms with Crippen molar-refractivity contribution in [2.45, 2.75) is 12.8 Å². The predicted molar refractivity (Wildman–Crippen MR) is 83.3 cm³/mol. The molecule has 1 aliphatic rings. The summed E-state index contributed by atoms with van der Waals surface area (Å²) in [6, 6.07) is 16.3. The number of para-hydroxylation sites is 1. The molecule has 0 bridgehead atoms. The van der Waals surface area contributed by atoms with Crippen molar-refractivity contribution in [1.82, 2.24) is 0 Å². The number of anilines is 2. The van der Waals surface area contributed by atoms with Crippen molar-refractivity contribution in [1.29, 1.82) is 0 Å². The Hall–Kier alpha value is -2.16. The molecule has 1 heterocycles. The van der Waals surface area contributed by atoms with Crippen molar-refractivity contribution in [3.8, 4) is 5.75 Å². The zero-order chi connectivity index (χ0) is 13.8. The number of nitrogen functional groups attached to an aromatic ring is 1. The molecule has 104 valence electrons. The average molecular weight is 268 g/mol. The smallest absolute Gasteiger partial charge is 0.121 e. The first-order valence-electron chi connectivity index (χ1n) is 7.14. The van der Waals surface area contributed by atoms with E-state index in [-0.39, 0.29) is 0 Å². The molecule has 0 radical (unpaired) electrons. The SMILES string of the molecule is Nc1cccc(OCCCN2CCc3ccccc32)c1. The average Bonchev–Trinajstić information content (AvgIpc) is 2.87. The number of nitrogens with zero attached hydrogens (tertiary/aromatic N) is 1. The maximum Gasteiger partial charge on any atom is 0.121 e. The highest BCUT2D eigenvalue weighted by atomic mass is 16.5. The molecule has 2 N–H and O–H groups in total. The van der Waals surface area contributed by atoms with Crippen molar-refractivity contribution in [3.05, 3.63) is 54.1 Å². The minimum atomic E-state index is 0.724. The lowest BCUT2D eigenvalue weighted by molar-refractivity contribution is 0.312. The van der Waals surface area contributed by atoms with Gasteiger partial charge in [-0.2, -0.15) is 0 Å². The number of rotatable bonds is 5. The van der Waals surface area contributed by atoms with Crippen molar-refractivity contribution < 1.29 is 4.74 Å². The summed E-state index contributed by atoms with van der Waals surface area (Å²) < 4.78 is 5.73. The fraction of sp³-hybridized carbons (Fsp3) is 0.294. The second kappa shape index (κ2) is 5.87. The summed E-state index contributed by atoms with van der Waals surface area (Å²) in [5.41, 5.74) is 9.32. The molecule has 0 atom stereocenters. The van der Waals surface area contributed by atoms with Crippen molar-refractivity contribution in [2.75, 3.05) is 30.3 Å². The normalized spacial score (nSPS) is 13.3. The van der Waals surface area contributed by atoms with E-state index in [0.717, 1.165) is 44.0 Å². The number of fused-ring (bicyclic) bond motifs is 1. The highest BCUT2D eigenvalue weighted by Crippen LogP contribution is 2.27. The Balaban J connectivity index is 1.47. The molecule has 0 amide bonds. The second-order valence-corrected chi connectivity index (χ2v) is 5.14. The molecule has 0 aliphatic carbocycles. The van der Waals surface area contributed by atoms with Crippen LogP contribution in [0.4, 0.5) is 11.4 Å². The van der Waals surface area contributed by atoms with Crippen molar-refractivity contribution in [3.63, 3.8) is 0 Å². The molecule has 3 nitrogen and oxygen atoms in total. The van der Waals surface area contributed by atoms with Gasteiger partial charge in [0.15, 0.2) is 0 Å². The summed E-state index contributed by atoms with van der Waals surface area (Å²) >= 11 is 0. The van der Waals surface area contributed by atoms with Crippen molar-refractivity contribution >= 4 is 11.4 Å². The highest BCUT2D eigenvalue weighted by molar-refractivity contribution is 5.57. The van der Waals surface area contributed by atoms with Crippen LogP contribution in [0.15, 0.2) is 48.5 Å². The molecule has 0 aromatic heterocycles. The van der Waals surface area contributed by atoms with Crippen LogP contribution in [0.2, 0.25) is 0 Å². The van der Waals surface area contributed by atoms with Gasteiger partial charge in [-0.1, -0.05) is 24.3 Å². The quantitative estimate of drug-likeness (QED) is 0.669. The number of benzene rings is 2. The summed E-state index contributed by atoms with van der Waals surface area (Å²) in [5.74, 6) is 0.854. The van der Waals surface area contributed by atoms with Crippen LogP contribution < -0.4 is 15.4 Å². The third-order valence-corrected chi connectivity index (χ3v) is 3.68. The maximum atomic E-state index is 5.73. The lowest BCUT2D eigenvalue weighted by Gasteiger charge is -2.19. The van der Waals surface area contributed by atoms with E-state index in [4.69, 9.17) is 10.5 Å². The topological polar surface area (TPSA) is 38.5 Å². The minimum absolute atomic E-state index is 0.724. The Morgan fingerprint density at radius 2 is 2.00 bits per heavy atom. The molecule has 3 heteroatoms. The standard InChI is InChI=1S/C17H20N2O/c18-15-6-3-7-16(13-15)20-12-4-10-19-11-9-14-5-1-2-8-17(14)19/h1-3,5-8,13H,4,9-12,18H2. The van der Waals surface area contributed by atoms with E-state index in [0.29, 0.717) is 0 Å². The number of ether oxygens (including phenoxy) is 1. The van der Waals surface area contributed by atoms with Gasteiger partial charge in [0.1, 0.15) is 5.75 Å². The molecule has 20 heavy (non-hydrogen) atoms. The molecule has 0 saturated heterocycles. The number of hydrogen-bond donors (Lipinski definition) is 1.